The third-order valence-corrected chi connectivity index (χ3v) is 3.61. The van der Waals surface area contributed by atoms with Crippen molar-refractivity contribution in [1.29, 1.82) is 0 Å². The van der Waals surface area contributed by atoms with Crippen LogP contribution < -0.4 is 5.32 Å². The monoisotopic (exact) mass is 339 g/mol. The molecule has 0 saturated heterocycles. The van der Waals surface area contributed by atoms with E-state index < -0.39 is 4.92 Å². The first kappa shape index (κ1) is 18.4. The molecule has 130 valence electrons. The van der Waals surface area contributed by atoms with E-state index in [-0.39, 0.29) is 17.6 Å². The molecule has 1 amide bonds. The second-order valence-corrected chi connectivity index (χ2v) is 5.88. The SMILES string of the molecule is CN(C)C[C@@H](NC(=O)/C=C/c1ccccc1[N+](=O)[O-])c1ccccc1. The molecule has 2 rings (SSSR count). The summed E-state index contributed by atoms with van der Waals surface area (Å²) in [7, 11) is 3.87. The van der Waals surface area contributed by atoms with Crippen molar-refractivity contribution in [2.75, 3.05) is 20.6 Å². The Hall–Kier alpha value is -2.99. The summed E-state index contributed by atoms with van der Waals surface area (Å²) < 4.78 is 0. The lowest BCUT2D eigenvalue weighted by Gasteiger charge is -2.22. The lowest BCUT2D eigenvalue weighted by atomic mass is 10.1. The Labute approximate surface area is 146 Å². The van der Waals surface area contributed by atoms with E-state index in [1.54, 1.807) is 18.2 Å². The Morgan fingerprint density at radius 2 is 1.80 bits per heavy atom. The number of rotatable bonds is 7. The number of para-hydroxylation sites is 1. The number of nitrogens with one attached hydrogen (secondary N) is 1. The van der Waals surface area contributed by atoms with Crippen LogP contribution in [0.4, 0.5) is 5.69 Å². The van der Waals surface area contributed by atoms with Gasteiger partial charge < -0.3 is 10.2 Å². The van der Waals surface area contributed by atoms with Crippen LogP contribution in [0.3, 0.4) is 0 Å². The highest BCUT2D eigenvalue weighted by Gasteiger charge is 2.15. The second kappa shape index (κ2) is 8.75. The average molecular weight is 339 g/mol. The van der Waals surface area contributed by atoms with Gasteiger partial charge in [-0.2, -0.15) is 0 Å². The Morgan fingerprint density at radius 1 is 1.16 bits per heavy atom. The predicted octanol–water partition coefficient (Wildman–Crippen LogP) is 3.03. The topological polar surface area (TPSA) is 75.5 Å². The fourth-order valence-electron chi connectivity index (χ4n) is 2.46. The number of amides is 1. The van der Waals surface area contributed by atoms with E-state index in [2.05, 4.69) is 5.32 Å². The number of hydrogen-bond acceptors (Lipinski definition) is 4. The van der Waals surface area contributed by atoms with E-state index in [1.807, 2.05) is 49.3 Å². The maximum absolute atomic E-state index is 12.3. The zero-order valence-corrected chi connectivity index (χ0v) is 14.3. The quantitative estimate of drug-likeness (QED) is 0.478. The van der Waals surface area contributed by atoms with Gasteiger partial charge in [0.1, 0.15) is 0 Å². The third-order valence-electron chi connectivity index (χ3n) is 3.61. The molecule has 6 heteroatoms. The molecule has 0 bridgehead atoms. The summed E-state index contributed by atoms with van der Waals surface area (Å²) in [6.45, 7) is 0.648. The van der Waals surface area contributed by atoms with E-state index in [4.69, 9.17) is 0 Å². The van der Waals surface area contributed by atoms with Gasteiger partial charge in [-0.15, -0.1) is 0 Å². The van der Waals surface area contributed by atoms with Crippen LogP contribution in [0.5, 0.6) is 0 Å². The summed E-state index contributed by atoms with van der Waals surface area (Å²) in [4.78, 5) is 24.8. The predicted molar refractivity (Wildman–Crippen MR) is 98.0 cm³/mol. The highest BCUT2D eigenvalue weighted by Crippen LogP contribution is 2.19. The maximum Gasteiger partial charge on any atom is 0.276 e. The summed E-state index contributed by atoms with van der Waals surface area (Å²) in [6, 6.07) is 15.8. The summed E-state index contributed by atoms with van der Waals surface area (Å²) in [5, 5.41) is 14.0. The van der Waals surface area contributed by atoms with Crippen molar-refractivity contribution in [3.05, 3.63) is 81.9 Å². The molecule has 1 N–H and O–H groups in total. The van der Waals surface area contributed by atoms with Gasteiger partial charge in [0, 0.05) is 18.7 Å². The van der Waals surface area contributed by atoms with Gasteiger partial charge in [-0.3, -0.25) is 14.9 Å². The standard InChI is InChI=1S/C19H21N3O3/c1-21(2)14-17(15-8-4-3-5-9-15)20-19(23)13-12-16-10-6-7-11-18(16)22(24)25/h3-13,17H,14H2,1-2H3,(H,20,23)/b13-12+/t17-/m1/s1. The third kappa shape index (κ3) is 5.54. The highest BCUT2D eigenvalue weighted by atomic mass is 16.6. The lowest BCUT2D eigenvalue weighted by Crippen LogP contribution is -2.34. The number of nitro benzene ring substituents is 1. The van der Waals surface area contributed by atoms with Crippen LogP contribution in [0.1, 0.15) is 17.2 Å². The van der Waals surface area contributed by atoms with Gasteiger partial charge >= 0.3 is 0 Å². The van der Waals surface area contributed by atoms with Crippen molar-refractivity contribution >= 4 is 17.7 Å². The van der Waals surface area contributed by atoms with E-state index in [0.29, 0.717) is 12.1 Å². The molecule has 2 aromatic carbocycles. The molecule has 0 saturated carbocycles. The first-order valence-corrected chi connectivity index (χ1v) is 7.89. The molecule has 0 fully saturated rings. The Bertz CT molecular complexity index is 758. The van der Waals surface area contributed by atoms with Crippen molar-refractivity contribution in [3.63, 3.8) is 0 Å². The van der Waals surface area contributed by atoms with Gasteiger partial charge in [0.25, 0.3) is 5.69 Å². The summed E-state index contributed by atoms with van der Waals surface area (Å²) >= 11 is 0. The first-order chi connectivity index (χ1) is 12.0. The molecule has 0 heterocycles. The molecule has 0 aliphatic carbocycles. The molecule has 0 aromatic heterocycles. The fraction of sp³-hybridized carbons (Fsp3) is 0.211. The van der Waals surface area contributed by atoms with Crippen LogP contribution in [-0.4, -0.2) is 36.4 Å². The van der Waals surface area contributed by atoms with Crippen LogP contribution in [0.15, 0.2) is 60.7 Å². The Morgan fingerprint density at radius 3 is 2.44 bits per heavy atom. The van der Waals surface area contributed by atoms with Gasteiger partial charge in [0.2, 0.25) is 5.91 Å². The summed E-state index contributed by atoms with van der Waals surface area (Å²) in [5.74, 6) is -0.297. The van der Waals surface area contributed by atoms with Crippen LogP contribution in [0.2, 0.25) is 0 Å². The fourth-order valence-corrected chi connectivity index (χ4v) is 2.46. The molecule has 2 aromatic rings. The number of nitro groups is 1. The van der Waals surface area contributed by atoms with E-state index in [0.717, 1.165) is 5.56 Å². The molecular formula is C19H21N3O3. The highest BCUT2D eigenvalue weighted by molar-refractivity contribution is 5.92. The van der Waals surface area contributed by atoms with Crippen LogP contribution in [0.25, 0.3) is 6.08 Å². The molecule has 0 unspecified atom stereocenters. The van der Waals surface area contributed by atoms with Crippen molar-refractivity contribution in [3.8, 4) is 0 Å². The zero-order valence-electron chi connectivity index (χ0n) is 14.3. The molecular weight excluding hydrogens is 318 g/mol. The minimum Gasteiger partial charge on any atom is -0.344 e. The smallest absolute Gasteiger partial charge is 0.276 e. The van der Waals surface area contributed by atoms with Crippen molar-refractivity contribution < 1.29 is 9.72 Å². The summed E-state index contributed by atoms with van der Waals surface area (Å²) in [5.41, 5.74) is 1.37. The Balaban J connectivity index is 2.13. The second-order valence-electron chi connectivity index (χ2n) is 5.88. The van der Waals surface area contributed by atoms with Gasteiger partial charge in [0.15, 0.2) is 0 Å². The van der Waals surface area contributed by atoms with Gasteiger partial charge in [-0.05, 0) is 31.8 Å². The number of likely N-dealkylation sites (N-methyl/N-ethyl adjacent to an activating group) is 1. The maximum atomic E-state index is 12.3. The minimum absolute atomic E-state index is 0.0283. The molecule has 0 aliphatic heterocycles. The average Bonchev–Trinajstić information content (AvgIpc) is 2.60. The molecule has 6 nitrogen and oxygen atoms in total. The number of carbonyl (C=O) groups excluding carboxylic acids is 1. The molecule has 0 aliphatic rings. The Kier molecular flexibility index (Phi) is 6.42. The van der Waals surface area contributed by atoms with Gasteiger partial charge in [-0.25, -0.2) is 0 Å². The molecule has 0 radical (unpaired) electrons. The van der Waals surface area contributed by atoms with Gasteiger partial charge in [0.05, 0.1) is 16.5 Å². The largest absolute Gasteiger partial charge is 0.344 e. The molecule has 1 atom stereocenters. The van der Waals surface area contributed by atoms with E-state index in [1.165, 1.54) is 18.2 Å². The van der Waals surface area contributed by atoms with Crippen molar-refractivity contribution in [1.82, 2.24) is 10.2 Å². The molecule has 25 heavy (non-hydrogen) atoms. The van der Waals surface area contributed by atoms with Crippen LogP contribution in [0, 0.1) is 10.1 Å². The summed E-state index contributed by atoms with van der Waals surface area (Å²) in [6.07, 6.45) is 2.79. The van der Waals surface area contributed by atoms with Crippen LogP contribution in [-0.2, 0) is 4.79 Å². The van der Waals surface area contributed by atoms with Crippen molar-refractivity contribution in [2.45, 2.75) is 6.04 Å². The zero-order chi connectivity index (χ0) is 18.2. The molecule has 0 spiro atoms. The number of hydrogen-bond donors (Lipinski definition) is 1. The van der Waals surface area contributed by atoms with Gasteiger partial charge in [-0.1, -0.05) is 42.5 Å². The van der Waals surface area contributed by atoms with Crippen molar-refractivity contribution in [2.24, 2.45) is 0 Å². The van der Waals surface area contributed by atoms with Crippen LogP contribution >= 0.6 is 0 Å². The number of carbonyl (C=O) groups is 1. The number of nitrogens with zero attached hydrogens (tertiary/aromatic N) is 2. The normalized spacial score (nSPS) is 12.3. The lowest BCUT2D eigenvalue weighted by molar-refractivity contribution is -0.385. The minimum atomic E-state index is -0.462. The first-order valence-electron chi connectivity index (χ1n) is 7.89. The number of benzene rings is 2. The van der Waals surface area contributed by atoms with E-state index >= 15 is 0 Å². The van der Waals surface area contributed by atoms with E-state index in [9.17, 15) is 14.9 Å².